The molecule has 0 heterocycles. The van der Waals surface area contributed by atoms with Crippen LogP contribution in [0.3, 0.4) is 0 Å². The standard InChI is InChI=1S/C13H8Cl2F16N2O2/c14-12(28,29)10(24,25)8(20,21)6(16,17)4(34)32-2-1-3-33-5(35)7(18,19)9(22,23)11(26,27)13(15,30)31/h1-3H2,(H,32,34)(H,33,35). The van der Waals surface area contributed by atoms with Crippen molar-refractivity contribution in [1.82, 2.24) is 10.6 Å². The lowest BCUT2D eigenvalue weighted by molar-refractivity contribution is -0.337. The Kier molecular flexibility index (Phi) is 9.25. The van der Waals surface area contributed by atoms with E-state index in [0.717, 1.165) is 10.6 Å². The van der Waals surface area contributed by atoms with E-state index in [0.29, 0.717) is 0 Å². The highest BCUT2D eigenvalue weighted by Gasteiger charge is 2.83. The fourth-order valence-corrected chi connectivity index (χ4v) is 1.99. The molecule has 0 aliphatic heterocycles. The second-order valence-electron chi connectivity index (χ2n) is 6.31. The minimum absolute atomic E-state index is 0.726. The summed E-state index contributed by atoms with van der Waals surface area (Å²) in [5.41, 5.74) is 0. The van der Waals surface area contributed by atoms with E-state index in [1.54, 1.807) is 0 Å². The fourth-order valence-electron chi connectivity index (χ4n) is 1.75. The number of carbonyl (C=O) groups is 2. The van der Waals surface area contributed by atoms with Gasteiger partial charge in [-0.15, -0.1) is 0 Å². The first-order valence-electron chi connectivity index (χ1n) is 8.02. The number of halogens is 18. The van der Waals surface area contributed by atoms with Crippen LogP contribution < -0.4 is 10.6 Å². The van der Waals surface area contributed by atoms with Gasteiger partial charge in [0.15, 0.2) is 0 Å². The molecule has 0 spiro atoms. The van der Waals surface area contributed by atoms with Crippen LogP contribution in [0.5, 0.6) is 0 Å². The van der Waals surface area contributed by atoms with Gasteiger partial charge in [0.25, 0.3) is 11.8 Å². The van der Waals surface area contributed by atoms with E-state index in [2.05, 4.69) is 23.2 Å². The Bertz CT molecular complexity index is 729. The molecule has 2 amide bonds. The summed E-state index contributed by atoms with van der Waals surface area (Å²) in [6, 6.07) is 0. The number of nitrogens with one attached hydrogen (secondary N) is 2. The number of amides is 2. The molecule has 0 unspecified atom stereocenters. The lowest BCUT2D eigenvalue weighted by Crippen LogP contribution is -2.65. The first-order valence-corrected chi connectivity index (χ1v) is 8.77. The topological polar surface area (TPSA) is 58.2 Å². The highest BCUT2D eigenvalue weighted by atomic mass is 35.5. The molecular weight excluding hydrogens is 591 g/mol. The van der Waals surface area contributed by atoms with Crippen LogP contribution in [0.4, 0.5) is 70.2 Å². The summed E-state index contributed by atoms with van der Waals surface area (Å²) in [4.78, 5) is 22.1. The Hall–Kier alpha value is -1.60. The minimum Gasteiger partial charge on any atom is -0.351 e. The smallest absolute Gasteiger partial charge is 0.351 e. The van der Waals surface area contributed by atoms with Crippen molar-refractivity contribution in [2.45, 2.75) is 52.7 Å². The van der Waals surface area contributed by atoms with Crippen LogP contribution in [-0.2, 0) is 9.59 Å². The molecule has 0 fully saturated rings. The Labute approximate surface area is 192 Å². The number of hydrogen-bond acceptors (Lipinski definition) is 2. The Balaban J connectivity index is 5.16. The van der Waals surface area contributed by atoms with Gasteiger partial charge < -0.3 is 10.6 Å². The summed E-state index contributed by atoms with van der Waals surface area (Å²) < 4.78 is 207. The number of hydrogen-bond donors (Lipinski definition) is 2. The van der Waals surface area contributed by atoms with E-state index in [4.69, 9.17) is 0 Å². The first kappa shape index (κ1) is 33.4. The molecule has 2 N–H and O–H groups in total. The van der Waals surface area contributed by atoms with Crippen molar-refractivity contribution in [3.05, 3.63) is 0 Å². The molecule has 0 aromatic carbocycles. The van der Waals surface area contributed by atoms with Crippen LogP contribution in [0.25, 0.3) is 0 Å². The largest absolute Gasteiger partial charge is 0.393 e. The van der Waals surface area contributed by atoms with Crippen molar-refractivity contribution >= 4 is 35.0 Å². The van der Waals surface area contributed by atoms with E-state index >= 15 is 0 Å². The van der Waals surface area contributed by atoms with E-state index in [9.17, 15) is 79.8 Å². The fraction of sp³-hybridized carbons (Fsp3) is 0.846. The zero-order valence-electron chi connectivity index (χ0n) is 15.7. The van der Waals surface area contributed by atoms with Gasteiger partial charge in [0.05, 0.1) is 0 Å². The van der Waals surface area contributed by atoms with Gasteiger partial charge in [-0.1, -0.05) is 0 Å². The molecule has 0 rings (SSSR count). The van der Waals surface area contributed by atoms with Gasteiger partial charge in [0.2, 0.25) is 0 Å². The maximum Gasteiger partial charge on any atom is 0.393 e. The quantitative estimate of drug-likeness (QED) is 0.187. The van der Waals surface area contributed by atoms with Gasteiger partial charge in [-0.25, -0.2) is 0 Å². The molecule has 0 saturated carbocycles. The Morgan fingerprint density at radius 1 is 0.486 bits per heavy atom. The summed E-state index contributed by atoms with van der Waals surface area (Å²) in [6.45, 7) is -2.91. The molecule has 0 aromatic rings. The first-order chi connectivity index (χ1) is 15.0. The third-order valence-corrected chi connectivity index (χ3v) is 4.26. The monoisotopic (exact) mass is 598 g/mol. The molecule has 0 radical (unpaired) electrons. The van der Waals surface area contributed by atoms with Gasteiger partial charge in [-0.05, 0) is 29.6 Å². The van der Waals surface area contributed by atoms with Crippen LogP contribution in [0.15, 0.2) is 0 Å². The molecule has 0 aliphatic carbocycles. The van der Waals surface area contributed by atoms with Gasteiger partial charge in [0, 0.05) is 13.1 Å². The Morgan fingerprint density at radius 3 is 0.914 bits per heavy atom. The lowest BCUT2D eigenvalue weighted by atomic mass is 10.0. The van der Waals surface area contributed by atoms with Crippen LogP contribution in [0.2, 0.25) is 0 Å². The van der Waals surface area contributed by atoms with Gasteiger partial charge in [-0.3, -0.25) is 9.59 Å². The average molecular weight is 599 g/mol. The van der Waals surface area contributed by atoms with E-state index in [-0.39, 0.29) is 0 Å². The van der Waals surface area contributed by atoms with Gasteiger partial charge in [0.1, 0.15) is 0 Å². The molecule has 0 atom stereocenters. The highest BCUT2D eigenvalue weighted by molar-refractivity contribution is 6.22. The van der Waals surface area contributed by atoms with Crippen molar-refractivity contribution in [1.29, 1.82) is 0 Å². The third kappa shape index (κ3) is 5.71. The summed E-state index contributed by atoms with van der Waals surface area (Å²) >= 11 is 7.28. The van der Waals surface area contributed by atoms with Crippen LogP contribution in [0, 0.1) is 0 Å². The average Bonchev–Trinajstić information content (AvgIpc) is 2.64. The molecular formula is C13H8Cl2F16N2O2. The summed E-state index contributed by atoms with van der Waals surface area (Å²) in [6.07, 6.45) is -1.18. The van der Waals surface area contributed by atoms with Gasteiger partial charge in [-0.2, -0.15) is 70.2 Å². The van der Waals surface area contributed by atoms with Crippen molar-refractivity contribution in [2.24, 2.45) is 0 Å². The molecule has 0 bridgehead atoms. The van der Waals surface area contributed by atoms with Crippen molar-refractivity contribution in [3.63, 3.8) is 0 Å². The Morgan fingerprint density at radius 2 is 0.714 bits per heavy atom. The maximum atomic E-state index is 13.3. The second-order valence-corrected chi connectivity index (χ2v) is 7.26. The SMILES string of the molecule is O=C(NCCCNC(=O)C(F)(F)C(F)(F)C(F)(F)C(F)(F)Cl)C(F)(F)C(F)(F)C(F)(F)C(F)(F)Cl. The molecule has 0 aromatic heterocycles. The predicted octanol–water partition coefficient (Wildman–Crippen LogP) is 5.08. The van der Waals surface area contributed by atoms with Crippen LogP contribution in [-0.4, -0.2) is 71.2 Å². The zero-order chi connectivity index (χ0) is 28.7. The highest BCUT2D eigenvalue weighted by Crippen LogP contribution is 2.55. The van der Waals surface area contributed by atoms with E-state index < -0.39 is 77.6 Å². The zero-order valence-corrected chi connectivity index (χ0v) is 17.3. The number of carbonyl (C=O) groups excluding carboxylic acids is 2. The molecule has 0 saturated heterocycles. The molecule has 4 nitrogen and oxygen atoms in total. The molecule has 208 valence electrons. The lowest BCUT2D eigenvalue weighted by Gasteiger charge is -2.33. The number of rotatable bonds is 12. The van der Waals surface area contributed by atoms with Crippen molar-refractivity contribution < 1.29 is 79.8 Å². The van der Waals surface area contributed by atoms with Crippen molar-refractivity contribution in [3.8, 4) is 0 Å². The molecule has 0 aliphatic rings. The van der Waals surface area contributed by atoms with Gasteiger partial charge >= 0.3 is 46.3 Å². The second kappa shape index (κ2) is 9.70. The maximum absolute atomic E-state index is 13.3. The normalized spacial score (nSPS) is 15.1. The van der Waals surface area contributed by atoms with E-state index in [1.807, 2.05) is 0 Å². The summed E-state index contributed by atoms with van der Waals surface area (Å²) in [5, 5.41) is -11.1. The third-order valence-electron chi connectivity index (χ3n) is 3.78. The van der Waals surface area contributed by atoms with Crippen molar-refractivity contribution in [2.75, 3.05) is 13.1 Å². The predicted molar refractivity (Wildman–Crippen MR) is 81.9 cm³/mol. The van der Waals surface area contributed by atoms with Crippen LogP contribution >= 0.6 is 23.2 Å². The molecule has 22 heteroatoms. The molecule has 35 heavy (non-hydrogen) atoms. The van der Waals surface area contributed by atoms with Crippen LogP contribution in [0.1, 0.15) is 6.42 Å². The van der Waals surface area contributed by atoms with E-state index in [1.165, 1.54) is 0 Å². The summed E-state index contributed by atoms with van der Waals surface area (Å²) in [5.74, 6) is -48.0. The summed E-state index contributed by atoms with van der Waals surface area (Å²) in [7, 11) is 0. The number of alkyl halides is 18. The minimum atomic E-state index is -7.10.